The highest BCUT2D eigenvalue weighted by Gasteiger charge is 2.28. The van der Waals surface area contributed by atoms with Crippen LogP contribution < -0.4 is 14.8 Å². The highest BCUT2D eigenvalue weighted by molar-refractivity contribution is 5.47. The van der Waals surface area contributed by atoms with Crippen LogP contribution in [-0.2, 0) is 0 Å². The van der Waals surface area contributed by atoms with Gasteiger partial charge < -0.3 is 14.8 Å². The van der Waals surface area contributed by atoms with Gasteiger partial charge in [0.1, 0.15) is 11.5 Å². The van der Waals surface area contributed by atoms with E-state index in [1.54, 1.807) is 14.2 Å². The molecule has 0 heterocycles. The molecular weight excluding hydrogens is 238 g/mol. The van der Waals surface area contributed by atoms with Crippen LogP contribution in [0, 0.1) is 5.92 Å². The van der Waals surface area contributed by atoms with E-state index in [9.17, 15) is 0 Å². The van der Waals surface area contributed by atoms with Crippen molar-refractivity contribution in [1.82, 2.24) is 5.32 Å². The first-order chi connectivity index (χ1) is 9.31. The van der Waals surface area contributed by atoms with Gasteiger partial charge in [-0.2, -0.15) is 0 Å². The van der Waals surface area contributed by atoms with Gasteiger partial charge in [-0.05, 0) is 37.9 Å². The normalized spacial score (nSPS) is 18.1. The minimum absolute atomic E-state index is 0.311. The maximum Gasteiger partial charge on any atom is 0.127 e. The van der Waals surface area contributed by atoms with Crippen LogP contribution in [0.1, 0.15) is 43.7 Å². The number of hydrogen-bond donors (Lipinski definition) is 1. The summed E-state index contributed by atoms with van der Waals surface area (Å²) in [5.74, 6) is 2.51. The number of nitrogens with one attached hydrogen (secondary N) is 1. The maximum absolute atomic E-state index is 5.54. The molecule has 1 aliphatic carbocycles. The van der Waals surface area contributed by atoms with Crippen LogP contribution in [0.3, 0.4) is 0 Å². The van der Waals surface area contributed by atoms with Crippen molar-refractivity contribution in [3.63, 3.8) is 0 Å². The van der Waals surface area contributed by atoms with Gasteiger partial charge in [-0.1, -0.05) is 25.3 Å². The first kappa shape index (κ1) is 14.2. The third-order valence-electron chi connectivity index (χ3n) is 4.21. The first-order valence-electron chi connectivity index (χ1n) is 7.20. The van der Waals surface area contributed by atoms with E-state index in [1.165, 1.54) is 37.7 Å². The van der Waals surface area contributed by atoms with Gasteiger partial charge in [0.05, 0.1) is 19.8 Å². The molecule has 1 atom stereocenters. The third-order valence-corrected chi connectivity index (χ3v) is 4.21. The van der Waals surface area contributed by atoms with Gasteiger partial charge in [0.25, 0.3) is 0 Å². The highest BCUT2D eigenvalue weighted by atomic mass is 16.5. The Balaban J connectivity index is 2.35. The fraction of sp³-hybridized carbons (Fsp3) is 0.625. The molecule has 3 nitrogen and oxygen atoms in total. The highest BCUT2D eigenvalue weighted by Crippen LogP contribution is 2.41. The lowest BCUT2D eigenvalue weighted by atomic mass is 9.80. The van der Waals surface area contributed by atoms with Crippen molar-refractivity contribution in [2.45, 2.75) is 38.1 Å². The van der Waals surface area contributed by atoms with Crippen LogP contribution in [0.15, 0.2) is 18.2 Å². The number of ether oxygens (including phenoxy) is 2. The summed E-state index contributed by atoms with van der Waals surface area (Å²) in [4.78, 5) is 0. The average Bonchev–Trinajstić information content (AvgIpc) is 2.49. The Morgan fingerprint density at radius 3 is 2.11 bits per heavy atom. The second-order valence-corrected chi connectivity index (χ2v) is 5.24. The summed E-state index contributed by atoms with van der Waals surface area (Å²) in [7, 11) is 5.49. The fourth-order valence-corrected chi connectivity index (χ4v) is 3.27. The molecule has 0 aliphatic heterocycles. The zero-order valence-electron chi connectivity index (χ0n) is 12.2. The maximum atomic E-state index is 5.54. The molecule has 0 bridgehead atoms. The Bertz CT molecular complexity index is 377. The standard InChI is InChI=1S/C16H25NO2/c1-17-16(12-8-5-4-6-9-12)15-13(18-2)10-7-11-14(15)19-3/h7,10-12,16-17H,4-6,8-9H2,1-3H3. The SMILES string of the molecule is CNC(c1c(OC)cccc1OC)C1CCCCC1. The Morgan fingerprint density at radius 1 is 1.05 bits per heavy atom. The number of hydrogen-bond acceptors (Lipinski definition) is 3. The van der Waals surface area contributed by atoms with Gasteiger partial charge in [-0.15, -0.1) is 0 Å². The summed E-state index contributed by atoms with van der Waals surface area (Å²) in [6.07, 6.45) is 6.61. The van der Waals surface area contributed by atoms with Crippen LogP contribution in [0.25, 0.3) is 0 Å². The molecule has 106 valence electrons. The monoisotopic (exact) mass is 263 g/mol. The average molecular weight is 263 g/mol. The van der Waals surface area contributed by atoms with E-state index in [0.717, 1.165) is 11.5 Å². The summed E-state index contributed by atoms with van der Waals surface area (Å²) in [5.41, 5.74) is 1.17. The molecule has 1 aliphatic rings. The van der Waals surface area contributed by atoms with E-state index in [0.29, 0.717) is 12.0 Å². The molecule has 0 amide bonds. The third kappa shape index (κ3) is 3.03. The number of rotatable bonds is 5. The van der Waals surface area contributed by atoms with Crippen LogP contribution in [0.2, 0.25) is 0 Å². The lowest BCUT2D eigenvalue weighted by Crippen LogP contribution is -2.27. The van der Waals surface area contributed by atoms with E-state index in [1.807, 2.05) is 25.2 Å². The zero-order valence-corrected chi connectivity index (χ0v) is 12.2. The molecule has 0 spiro atoms. The van der Waals surface area contributed by atoms with E-state index in [2.05, 4.69) is 5.32 Å². The quantitative estimate of drug-likeness (QED) is 0.881. The first-order valence-corrected chi connectivity index (χ1v) is 7.20. The molecule has 1 fully saturated rings. The van der Waals surface area contributed by atoms with Crippen molar-refractivity contribution in [2.24, 2.45) is 5.92 Å². The Kier molecular flexibility index (Phi) is 5.08. The van der Waals surface area contributed by atoms with Gasteiger partial charge in [0.2, 0.25) is 0 Å². The second kappa shape index (κ2) is 6.80. The van der Waals surface area contributed by atoms with Crippen molar-refractivity contribution < 1.29 is 9.47 Å². The Morgan fingerprint density at radius 2 is 1.63 bits per heavy atom. The van der Waals surface area contributed by atoms with E-state index >= 15 is 0 Å². The van der Waals surface area contributed by atoms with E-state index in [-0.39, 0.29) is 0 Å². The smallest absolute Gasteiger partial charge is 0.127 e. The van der Waals surface area contributed by atoms with E-state index < -0.39 is 0 Å². The van der Waals surface area contributed by atoms with Crippen molar-refractivity contribution in [3.8, 4) is 11.5 Å². The van der Waals surface area contributed by atoms with Crippen molar-refractivity contribution >= 4 is 0 Å². The molecule has 0 radical (unpaired) electrons. The Labute approximate surface area is 116 Å². The molecule has 2 rings (SSSR count). The van der Waals surface area contributed by atoms with Crippen LogP contribution in [-0.4, -0.2) is 21.3 Å². The summed E-state index contributed by atoms with van der Waals surface area (Å²) < 4.78 is 11.1. The second-order valence-electron chi connectivity index (χ2n) is 5.24. The van der Waals surface area contributed by atoms with Crippen molar-refractivity contribution in [1.29, 1.82) is 0 Å². The minimum atomic E-state index is 0.311. The van der Waals surface area contributed by atoms with Gasteiger partial charge in [0, 0.05) is 6.04 Å². The van der Waals surface area contributed by atoms with Gasteiger partial charge in [-0.3, -0.25) is 0 Å². The molecule has 3 heteroatoms. The topological polar surface area (TPSA) is 30.5 Å². The molecule has 1 aromatic carbocycles. The number of methoxy groups -OCH3 is 2. The molecule has 1 saturated carbocycles. The summed E-state index contributed by atoms with van der Waals surface area (Å²) in [6, 6.07) is 6.33. The zero-order chi connectivity index (χ0) is 13.7. The van der Waals surface area contributed by atoms with Crippen LogP contribution >= 0.6 is 0 Å². The number of benzene rings is 1. The van der Waals surface area contributed by atoms with Gasteiger partial charge in [0.15, 0.2) is 0 Å². The summed E-state index contributed by atoms with van der Waals surface area (Å²) >= 11 is 0. The van der Waals surface area contributed by atoms with Crippen molar-refractivity contribution in [3.05, 3.63) is 23.8 Å². The fourth-order valence-electron chi connectivity index (χ4n) is 3.27. The molecule has 1 aromatic rings. The van der Waals surface area contributed by atoms with Gasteiger partial charge >= 0.3 is 0 Å². The lowest BCUT2D eigenvalue weighted by Gasteiger charge is -2.32. The molecule has 19 heavy (non-hydrogen) atoms. The Hall–Kier alpha value is -1.22. The van der Waals surface area contributed by atoms with Crippen molar-refractivity contribution in [2.75, 3.05) is 21.3 Å². The summed E-state index contributed by atoms with van der Waals surface area (Å²) in [5, 5.41) is 3.48. The predicted molar refractivity (Wildman–Crippen MR) is 77.9 cm³/mol. The molecular formula is C16H25NO2. The molecule has 0 saturated heterocycles. The molecule has 1 N–H and O–H groups in total. The lowest BCUT2D eigenvalue weighted by molar-refractivity contribution is 0.268. The minimum Gasteiger partial charge on any atom is -0.496 e. The van der Waals surface area contributed by atoms with Gasteiger partial charge in [-0.25, -0.2) is 0 Å². The van der Waals surface area contributed by atoms with E-state index in [4.69, 9.17) is 9.47 Å². The van der Waals surface area contributed by atoms with Crippen LogP contribution in [0.4, 0.5) is 0 Å². The molecule has 0 aromatic heterocycles. The largest absolute Gasteiger partial charge is 0.496 e. The summed E-state index contributed by atoms with van der Waals surface area (Å²) in [6.45, 7) is 0. The van der Waals surface area contributed by atoms with Crippen LogP contribution in [0.5, 0.6) is 11.5 Å². The predicted octanol–water partition coefficient (Wildman–Crippen LogP) is 3.54. The molecule has 1 unspecified atom stereocenters.